The average molecular weight is 395 g/mol. The van der Waals surface area contributed by atoms with Gasteiger partial charge in [-0.1, -0.05) is 23.7 Å². The van der Waals surface area contributed by atoms with Crippen LogP contribution in [0.15, 0.2) is 36.4 Å². The van der Waals surface area contributed by atoms with Crippen molar-refractivity contribution in [3.05, 3.63) is 51.2 Å². The summed E-state index contributed by atoms with van der Waals surface area (Å²) >= 11 is 7.01. The van der Waals surface area contributed by atoms with Crippen molar-refractivity contribution in [2.45, 2.75) is 19.4 Å². The van der Waals surface area contributed by atoms with Gasteiger partial charge in [0.05, 0.1) is 9.21 Å². The molecule has 2 rings (SSSR count). The van der Waals surface area contributed by atoms with Gasteiger partial charge in [-0.2, -0.15) is 0 Å². The topological polar surface area (TPSA) is 84.5 Å². The van der Waals surface area contributed by atoms with Gasteiger partial charge in [0.2, 0.25) is 11.8 Å². The first-order valence-corrected chi connectivity index (χ1v) is 9.10. The Morgan fingerprint density at radius 2 is 1.92 bits per heavy atom. The van der Waals surface area contributed by atoms with Crippen LogP contribution in [0.4, 0.5) is 5.69 Å². The van der Waals surface area contributed by atoms with Crippen LogP contribution in [0.25, 0.3) is 0 Å². The number of carbonyl (C=O) groups excluding carboxylic acids is 3. The van der Waals surface area contributed by atoms with Gasteiger partial charge in [-0.15, -0.1) is 11.3 Å². The Bertz CT molecular complexity index is 791. The smallest absolute Gasteiger partial charge is 0.250 e. The summed E-state index contributed by atoms with van der Waals surface area (Å²) in [5.41, 5.74) is 1.47. The third-order valence-corrected chi connectivity index (χ3v) is 4.68. The number of anilines is 1. The Morgan fingerprint density at radius 3 is 2.62 bits per heavy atom. The van der Waals surface area contributed by atoms with Gasteiger partial charge in [-0.25, -0.2) is 0 Å². The van der Waals surface area contributed by atoms with E-state index in [-0.39, 0.29) is 37.0 Å². The number of nitrogens with one attached hydrogen (secondary N) is 2. The van der Waals surface area contributed by atoms with Crippen molar-refractivity contribution < 1.29 is 19.1 Å². The first kappa shape index (κ1) is 20.1. The highest BCUT2D eigenvalue weighted by molar-refractivity contribution is 7.18. The molecule has 0 aliphatic carbocycles. The first-order valence-electron chi connectivity index (χ1n) is 7.91. The lowest BCUT2D eigenvalue weighted by Gasteiger charge is -2.08. The second-order valence-electron chi connectivity index (χ2n) is 5.49. The molecule has 0 spiro atoms. The second-order valence-corrected chi connectivity index (χ2v) is 7.20. The fourth-order valence-corrected chi connectivity index (χ4v) is 3.20. The van der Waals surface area contributed by atoms with Crippen LogP contribution in [0.1, 0.15) is 28.1 Å². The predicted octanol–water partition coefficient (Wildman–Crippen LogP) is 3.27. The van der Waals surface area contributed by atoms with E-state index in [1.165, 1.54) is 18.4 Å². The lowest BCUT2D eigenvalue weighted by Crippen LogP contribution is -2.23. The molecule has 0 aliphatic rings. The minimum Gasteiger partial charge on any atom is -0.375 e. The largest absolute Gasteiger partial charge is 0.375 e. The van der Waals surface area contributed by atoms with E-state index < -0.39 is 0 Å². The van der Waals surface area contributed by atoms with E-state index >= 15 is 0 Å². The number of Topliss-reactive ketones (excluding diaryl/α,β-unsaturated/α-hetero) is 1. The molecule has 8 heteroatoms. The SMILES string of the molecule is COCC(=O)Nc1cccc(CNC(=O)CCC(=O)c2ccc(Cl)s2)c1. The molecule has 0 saturated heterocycles. The second kappa shape index (κ2) is 10.1. The lowest BCUT2D eigenvalue weighted by molar-refractivity contribution is -0.121. The van der Waals surface area contributed by atoms with Crippen LogP contribution in [-0.4, -0.2) is 31.3 Å². The number of ether oxygens (including phenoxy) is 1. The van der Waals surface area contributed by atoms with Crippen LogP contribution in [0, 0.1) is 0 Å². The summed E-state index contributed by atoms with van der Waals surface area (Å²) in [5.74, 6) is -0.560. The fourth-order valence-electron chi connectivity index (χ4n) is 2.19. The van der Waals surface area contributed by atoms with Crippen LogP contribution in [0.3, 0.4) is 0 Å². The number of hydrogen-bond donors (Lipinski definition) is 2. The standard InChI is InChI=1S/C18H19ClN2O4S/c1-25-11-18(24)21-13-4-2-3-12(9-13)10-20-17(23)8-5-14(22)15-6-7-16(19)26-15/h2-4,6-7,9H,5,8,10-11H2,1H3,(H,20,23)(H,21,24). The number of rotatable bonds is 9. The van der Waals surface area contributed by atoms with Crippen molar-refractivity contribution in [1.29, 1.82) is 0 Å². The molecule has 0 bridgehead atoms. The number of amides is 2. The summed E-state index contributed by atoms with van der Waals surface area (Å²) < 4.78 is 5.31. The quantitative estimate of drug-likeness (QED) is 0.639. The molecule has 2 amide bonds. The Balaban J connectivity index is 1.78. The van der Waals surface area contributed by atoms with E-state index in [1.807, 2.05) is 6.07 Å². The Labute approximate surface area is 160 Å². The Hall–Kier alpha value is -2.22. The number of carbonyl (C=O) groups is 3. The molecule has 1 heterocycles. The van der Waals surface area contributed by atoms with E-state index in [4.69, 9.17) is 16.3 Å². The van der Waals surface area contributed by atoms with Crippen LogP contribution in [-0.2, 0) is 20.9 Å². The number of methoxy groups -OCH3 is 1. The molecule has 0 radical (unpaired) electrons. The number of halogens is 1. The fraction of sp³-hybridized carbons (Fsp3) is 0.278. The van der Waals surface area contributed by atoms with Gasteiger partial charge in [-0.3, -0.25) is 14.4 Å². The van der Waals surface area contributed by atoms with Crippen molar-refractivity contribution in [2.24, 2.45) is 0 Å². The molecular formula is C18H19ClN2O4S. The van der Waals surface area contributed by atoms with Crippen LogP contribution in [0.2, 0.25) is 4.34 Å². The highest BCUT2D eigenvalue weighted by atomic mass is 35.5. The summed E-state index contributed by atoms with van der Waals surface area (Å²) in [4.78, 5) is 36.0. The molecular weight excluding hydrogens is 376 g/mol. The minimum atomic E-state index is -0.249. The normalized spacial score (nSPS) is 10.4. The highest BCUT2D eigenvalue weighted by Gasteiger charge is 2.11. The predicted molar refractivity (Wildman–Crippen MR) is 102 cm³/mol. The maximum atomic E-state index is 12.0. The highest BCUT2D eigenvalue weighted by Crippen LogP contribution is 2.22. The molecule has 0 atom stereocenters. The molecule has 1 aromatic carbocycles. The summed E-state index contributed by atoms with van der Waals surface area (Å²) in [5, 5.41) is 5.47. The Kier molecular flexibility index (Phi) is 7.77. The number of benzene rings is 1. The summed E-state index contributed by atoms with van der Waals surface area (Å²) in [7, 11) is 1.45. The van der Waals surface area contributed by atoms with Gasteiger partial charge in [-0.05, 0) is 29.8 Å². The summed E-state index contributed by atoms with van der Waals surface area (Å²) in [6.07, 6.45) is 0.244. The summed E-state index contributed by atoms with van der Waals surface area (Å²) in [6, 6.07) is 10.5. The van der Waals surface area contributed by atoms with Gasteiger partial charge in [0, 0.05) is 32.2 Å². The molecule has 0 saturated carbocycles. The van der Waals surface area contributed by atoms with Gasteiger partial charge in [0.1, 0.15) is 6.61 Å². The molecule has 138 valence electrons. The zero-order valence-electron chi connectivity index (χ0n) is 14.2. The van der Waals surface area contributed by atoms with Gasteiger partial charge < -0.3 is 15.4 Å². The molecule has 26 heavy (non-hydrogen) atoms. The molecule has 2 aromatic rings. The number of hydrogen-bond acceptors (Lipinski definition) is 5. The maximum Gasteiger partial charge on any atom is 0.250 e. The Morgan fingerprint density at radius 1 is 1.12 bits per heavy atom. The average Bonchev–Trinajstić information content (AvgIpc) is 3.05. The molecule has 0 aliphatic heterocycles. The minimum absolute atomic E-state index is 0.0234. The van der Waals surface area contributed by atoms with Crippen molar-refractivity contribution >= 4 is 46.2 Å². The van der Waals surface area contributed by atoms with E-state index in [0.29, 0.717) is 21.4 Å². The molecule has 2 N–H and O–H groups in total. The van der Waals surface area contributed by atoms with E-state index in [0.717, 1.165) is 5.56 Å². The molecule has 0 unspecified atom stereocenters. The maximum absolute atomic E-state index is 12.0. The van der Waals surface area contributed by atoms with Gasteiger partial charge >= 0.3 is 0 Å². The molecule has 1 aromatic heterocycles. The zero-order valence-corrected chi connectivity index (χ0v) is 15.8. The van der Waals surface area contributed by atoms with Crippen molar-refractivity contribution in [1.82, 2.24) is 5.32 Å². The third kappa shape index (κ3) is 6.59. The van der Waals surface area contributed by atoms with E-state index in [9.17, 15) is 14.4 Å². The van der Waals surface area contributed by atoms with E-state index in [1.54, 1.807) is 30.3 Å². The van der Waals surface area contributed by atoms with Gasteiger partial charge in [0.15, 0.2) is 5.78 Å². The molecule has 6 nitrogen and oxygen atoms in total. The van der Waals surface area contributed by atoms with Crippen molar-refractivity contribution in [2.75, 3.05) is 19.0 Å². The number of ketones is 1. The van der Waals surface area contributed by atoms with Crippen LogP contribution >= 0.6 is 22.9 Å². The van der Waals surface area contributed by atoms with Crippen LogP contribution < -0.4 is 10.6 Å². The van der Waals surface area contributed by atoms with Crippen molar-refractivity contribution in [3.63, 3.8) is 0 Å². The van der Waals surface area contributed by atoms with E-state index in [2.05, 4.69) is 10.6 Å². The monoisotopic (exact) mass is 394 g/mol. The number of thiophene rings is 1. The van der Waals surface area contributed by atoms with Gasteiger partial charge in [0.25, 0.3) is 0 Å². The van der Waals surface area contributed by atoms with Crippen molar-refractivity contribution in [3.8, 4) is 0 Å². The zero-order chi connectivity index (χ0) is 18.9. The summed E-state index contributed by atoms with van der Waals surface area (Å²) in [6.45, 7) is 0.288. The molecule has 0 fully saturated rings. The lowest BCUT2D eigenvalue weighted by atomic mass is 10.1. The third-order valence-electron chi connectivity index (χ3n) is 3.40. The van der Waals surface area contributed by atoms with Crippen LogP contribution in [0.5, 0.6) is 0 Å². The first-order chi connectivity index (χ1) is 12.5.